The summed E-state index contributed by atoms with van der Waals surface area (Å²) in [5.41, 5.74) is 2.19. The van der Waals surface area contributed by atoms with E-state index < -0.39 is 23.7 Å². The Labute approximate surface area is 212 Å². The van der Waals surface area contributed by atoms with Crippen LogP contribution in [-0.2, 0) is 19.1 Å². The summed E-state index contributed by atoms with van der Waals surface area (Å²) in [5.74, 6) is -3.59. The summed E-state index contributed by atoms with van der Waals surface area (Å²) in [6.07, 6.45) is 0. The van der Waals surface area contributed by atoms with E-state index in [-0.39, 0.29) is 27.3 Å². The van der Waals surface area contributed by atoms with Crippen molar-refractivity contribution in [2.75, 3.05) is 24.8 Å². The Morgan fingerprint density at radius 2 is 2.00 bits per heavy atom. The first-order valence-electron chi connectivity index (χ1n) is 10.7. The second-order valence-electron chi connectivity index (χ2n) is 7.60. The fraction of sp³-hybridized carbons (Fsp3) is 0.280. The number of allylic oxidation sites excluding steroid dienone is 1. The van der Waals surface area contributed by atoms with Crippen LogP contribution in [0.15, 0.2) is 53.1 Å². The standard InChI is InChI=1S/C25H24ClN3O5S/c1-4-34-19-10-9-15(11-17(19)26)21-16(12-27)24(29-23(31)22(21)25(32)33-3)35-13-20(30)28-18-8-6-5-7-14(18)2/h5-11,21-22H,4,13H2,1-3H3,(H,28,30)(H,29,31)/t21-,22+/m1/s1. The average molecular weight is 514 g/mol. The van der Waals surface area contributed by atoms with E-state index >= 15 is 0 Å². The van der Waals surface area contributed by atoms with Crippen LogP contribution in [0.3, 0.4) is 0 Å². The van der Waals surface area contributed by atoms with E-state index in [0.717, 1.165) is 17.3 Å². The molecule has 2 N–H and O–H groups in total. The van der Waals surface area contributed by atoms with Gasteiger partial charge in [-0.25, -0.2) is 0 Å². The number of hydrogen-bond donors (Lipinski definition) is 2. The van der Waals surface area contributed by atoms with Crippen LogP contribution in [0.2, 0.25) is 5.02 Å². The zero-order valence-corrected chi connectivity index (χ0v) is 21.0. The highest BCUT2D eigenvalue weighted by Gasteiger charge is 2.44. The van der Waals surface area contributed by atoms with E-state index in [0.29, 0.717) is 23.6 Å². The van der Waals surface area contributed by atoms with Crippen LogP contribution >= 0.6 is 23.4 Å². The van der Waals surface area contributed by atoms with E-state index in [4.69, 9.17) is 21.1 Å². The highest BCUT2D eigenvalue weighted by molar-refractivity contribution is 8.03. The second-order valence-corrected chi connectivity index (χ2v) is 8.99. The van der Waals surface area contributed by atoms with Crippen molar-refractivity contribution in [3.63, 3.8) is 0 Å². The van der Waals surface area contributed by atoms with Gasteiger partial charge in [0, 0.05) is 11.6 Å². The van der Waals surface area contributed by atoms with E-state index in [1.54, 1.807) is 24.3 Å². The molecular weight excluding hydrogens is 490 g/mol. The van der Waals surface area contributed by atoms with Crippen LogP contribution in [-0.4, -0.2) is 37.3 Å². The first-order valence-corrected chi connectivity index (χ1v) is 12.1. The highest BCUT2D eigenvalue weighted by atomic mass is 35.5. The maximum Gasteiger partial charge on any atom is 0.319 e. The zero-order chi connectivity index (χ0) is 25.5. The maximum absolute atomic E-state index is 13.0. The third kappa shape index (κ3) is 5.96. The Bertz CT molecular complexity index is 1220. The maximum atomic E-state index is 13.0. The summed E-state index contributed by atoms with van der Waals surface area (Å²) >= 11 is 7.35. The first-order chi connectivity index (χ1) is 16.8. The molecule has 10 heteroatoms. The highest BCUT2D eigenvalue weighted by Crippen LogP contribution is 2.42. The SMILES string of the molecule is CCOc1ccc([C@@H]2C(C#N)=C(SCC(=O)Nc3ccccc3C)NC(=O)[C@H]2C(=O)OC)cc1Cl. The molecule has 0 aliphatic carbocycles. The van der Waals surface area contributed by atoms with Crippen LogP contribution in [0.4, 0.5) is 5.69 Å². The molecule has 182 valence electrons. The van der Waals surface area contributed by atoms with E-state index in [9.17, 15) is 19.6 Å². The molecule has 35 heavy (non-hydrogen) atoms. The number of anilines is 1. The molecule has 1 heterocycles. The Hall–Kier alpha value is -3.48. The van der Waals surface area contributed by atoms with Crippen molar-refractivity contribution in [2.45, 2.75) is 19.8 Å². The molecule has 2 aromatic rings. The number of thioether (sulfide) groups is 1. The predicted octanol–water partition coefficient (Wildman–Crippen LogP) is 4.16. The summed E-state index contributed by atoms with van der Waals surface area (Å²) in [6, 6.07) is 14.3. The number of hydrogen-bond acceptors (Lipinski definition) is 7. The number of methoxy groups -OCH3 is 1. The minimum absolute atomic E-state index is 0.0607. The monoisotopic (exact) mass is 513 g/mol. The average Bonchev–Trinajstić information content (AvgIpc) is 2.84. The van der Waals surface area contributed by atoms with Gasteiger partial charge in [-0.3, -0.25) is 14.4 Å². The quantitative estimate of drug-likeness (QED) is 0.402. The number of aryl methyl sites for hydroxylation is 1. The fourth-order valence-corrected chi connectivity index (χ4v) is 4.79. The Balaban J connectivity index is 1.94. The van der Waals surface area contributed by atoms with Gasteiger partial charge >= 0.3 is 5.97 Å². The molecule has 0 saturated carbocycles. The number of rotatable bonds is 8. The molecule has 2 aromatic carbocycles. The molecular formula is C25H24ClN3O5S. The predicted molar refractivity (Wildman–Crippen MR) is 134 cm³/mol. The zero-order valence-electron chi connectivity index (χ0n) is 19.4. The lowest BCUT2D eigenvalue weighted by atomic mass is 9.78. The molecule has 0 saturated heterocycles. The molecule has 0 fully saturated rings. The molecule has 0 unspecified atom stereocenters. The molecule has 1 aliphatic rings. The lowest BCUT2D eigenvalue weighted by Crippen LogP contribution is -2.44. The van der Waals surface area contributed by atoms with Gasteiger partial charge in [0.05, 0.1) is 41.2 Å². The number of nitrogens with zero attached hydrogens (tertiary/aromatic N) is 1. The number of halogens is 1. The van der Waals surface area contributed by atoms with Crippen molar-refractivity contribution in [1.82, 2.24) is 5.32 Å². The molecule has 0 spiro atoms. The first kappa shape index (κ1) is 26.1. The van der Waals surface area contributed by atoms with Gasteiger partial charge in [0.15, 0.2) is 0 Å². The lowest BCUT2D eigenvalue weighted by molar-refractivity contribution is -0.150. The molecule has 0 aromatic heterocycles. The number of carbonyl (C=O) groups is 3. The molecule has 0 bridgehead atoms. The van der Waals surface area contributed by atoms with E-state index in [1.165, 1.54) is 7.11 Å². The van der Waals surface area contributed by atoms with Gasteiger partial charge in [-0.2, -0.15) is 5.26 Å². The van der Waals surface area contributed by atoms with Crippen molar-refractivity contribution in [2.24, 2.45) is 5.92 Å². The number of carbonyl (C=O) groups excluding carboxylic acids is 3. The van der Waals surface area contributed by atoms with Gasteiger partial charge in [-0.15, -0.1) is 0 Å². The van der Waals surface area contributed by atoms with Crippen molar-refractivity contribution in [3.05, 3.63) is 69.2 Å². The molecule has 3 rings (SSSR count). The summed E-state index contributed by atoms with van der Waals surface area (Å²) in [4.78, 5) is 38.0. The molecule has 8 nitrogen and oxygen atoms in total. The van der Waals surface area contributed by atoms with Gasteiger partial charge in [0.25, 0.3) is 0 Å². The minimum atomic E-state index is -1.30. The molecule has 1 aliphatic heterocycles. The number of nitriles is 1. The minimum Gasteiger partial charge on any atom is -0.492 e. The summed E-state index contributed by atoms with van der Waals surface area (Å²) in [6.45, 7) is 4.10. The van der Waals surface area contributed by atoms with Gasteiger partial charge in [0.2, 0.25) is 11.8 Å². The number of nitrogens with one attached hydrogen (secondary N) is 2. The van der Waals surface area contributed by atoms with Gasteiger partial charge in [-0.1, -0.05) is 47.6 Å². The Morgan fingerprint density at radius 1 is 1.26 bits per heavy atom. The third-order valence-electron chi connectivity index (χ3n) is 5.37. The van der Waals surface area contributed by atoms with Gasteiger partial charge in [0.1, 0.15) is 11.7 Å². The molecule has 0 radical (unpaired) electrons. The molecule has 2 atom stereocenters. The smallest absolute Gasteiger partial charge is 0.319 e. The van der Waals surface area contributed by atoms with Crippen LogP contribution < -0.4 is 15.4 Å². The number of ether oxygens (including phenoxy) is 2. The topological polar surface area (TPSA) is 118 Å². The number of para-hydroxylation sites is 1. The van der Waals surface area contributed by atoms with Crippen LogP contribution in [0.1, 0.15) is 24.0 Å². The Morgan fingerprint density at radius 3 is 2.63 bits per heavy atom. The summed E-state index contributed by atoms with van der Waals surface area (Å²) in [5, 5.41) is 15.9. The second kappa shape index (κ2) is 11.8. The van der Waals surface area contributed by atoms with Gasteiger partial charge < -0.3 is 20.1 Å². The largest absolute Gasteiger partial charge is 0.492 e. The lowest BCUT2D eigenvalue weighted by Gasteiger charge is -2.31. The summed E-state index contributed by atoms with van der Waals surface area (Å²) < 4.78 is 10.3. The number of esters is 1. The van der Waals surface area contributed by atoms with Crippen molar-refractivity contribution >= 4 is 46.8 Å². The van der Waals surface area contributed by atoms with Crippen LogP contribution in [0, 0.1) is 24.2 Å². The third-order valence-corrected chi connectivity index (χ3v) is 6.68. The van der Waals surface area contributed by atoms with Crippen molar-refractivity contribution in [3.8, 4) is 11.8 Å². The Kier molecular flexibility index (Phi) is 8.79. The van der Waals surface area contributed by atoms with E-state index in [2.05, 4.69) is 16.7 Å². The van der Waals surface area contributed by atoms with Crippen molar-refractivity contribution in [1.29, 1.82) is 5.26 Å². The molecule has 2 amide bonds. The van der Waals surface area contributed by atoms with Crippen molar-refractivity contribution < 1.29 is 23.9 Å². The number of amides is 2. The number of benzene rings is 2. The summed E-state index contributed by atoms with van der Waals surface area (Å²) in [7, 11) is 1.17. The van der Waals surface area contributed by atoms with Crippen LogP contribution in [0.25, 0.3) is 0 Å². The van der Waals surface area contributed by atoms with Gasteiger partial charge in [-0.05, 0) is 43.2 Å². The van der Waals surface area contributed by atoms with Crippen LogP contribution in [0.5, 0.6) is 5.75 Å². The van der Waals surface area contributed by atoms with E-state index in [1.807, 2.05) is 32.0 Å². The normalized spacial score (nSPS) is 17.3. The fourth-order valence-electron chi connectivity index (χ4n) is 3.70.